The molecule has 0 bridgehead atoms. The molecule has 1 aromatic heterocycles. The van der Waals surface area contributed by atoms with Crippen LogP contribution in [0.3, 0.4) is 0 Å². The number of carbonyl (C=O) groups excluding carboxylic acids is 1. The Balaban J connectivity index is 1.78. The minimum atomic E-state index is 0.150. The van der Waals surface area contributed by atoms with Gasteiger partial charge in [0.15, 0.2) is 0 Å². The summed E-state index contributed by atoms with van der Waals surface area (Å²) in [5, 5.41) is 3.06. The van der Waals surface area contributed by atoms with Crippen molar-refractivity contribution in [3.63, 3.8) is 0 Å². The summed E-state index contributed by atoms with van der Waals surface area (Å²) in [5.41, 5.74) is 1.06. The molecule has 3 heteroatoms. The molecule has 1 aromatic rings. The fourth-order valence-corrected chi connectivity index (χ4v) is 2.00. The van der Waals surface area contributed by atoms with Gasteiger partial charge in [0.2, 0.25) is 5.91 Å². The highest BCUT2D eigenvalue weighted by Gasteiger charge is 2.16. The predicted molar refractivity (Wildman–Crippen MR) is 54.9 cm³/mol. The second kappa shape index (κ2) is 4.31. The van der Waals surface area contributed by atoms with Gasteiger partial charge in [-0.15, -0.1) is 0 Å². The van der Waals surface area contributed by atoms with E-state index in [1.807, 2.05) is 18.5 Å². The largest absolute Gasteiger partial charge is 0.367 e. The first-order valence-electron chi connectivity index (χ1n) is 5.25. The smallest absolute Gasteiger partial charge is 0.224 e. The van der Waals surface area contributed by atoms with Crippen LogP contribution < -0.4 is 5.32 Å². The molecule has 14 heavy (non-hydrogen) atoms. The highest BCUT2D eigenvalue weighted by molar-refractivity contribution is 5.78. The molecule has 0 aromatic carbocycles. The van der Waals surface area contributed by atoms with Gasteiger partial charge in [0.1, 0.15) is 0 Å². The van der Waals surface area contributed by atoms with Crippen molar-refractivity contribution in [3.05, 3.63) is 24.0 Å². The van der Waals surface area contributed by atoms with E-state index >= 15 is 0 Å². The van der Waals surface area contributed by atoms with Gasteiger partial charge in [-0.2, -0.15) is 0 Å². The molecule has 1 fully saturated rings. The summed E-state index contributed by atoms with van der Waals surface area (Å²) in [6.45, 7) is 0. The maximum Gasteiger partial charge on any atom is 0.224 e. The Morgan fingerprint density at radius 3 is 2.93 bits per heavy atom. The zero-order valence-electron chi connectivity index (χ0n) is 8.25. The first-order valence-corrected chi connectivity index (χ1v) is 5.25. The van der Waals surface area contributed by atoms with Crippen LogP contribution in [0.2, 0.25) is 0 Å². The minimum absolute atomic E-state index is 0.150. The van der Waals surface area contributed by atoms with Crippen molar-refractivity contribution in [2.24, 2.45) is 0 Å². The molecule has 3 nitrogen and oxygen atoms in total. The summed E-state index contributed by atoms with van der Waals surface area (Å²) in [4.78, 5) is 14.5. The number of hydrogen-bond acceptors (Lipinski definition) is 1. The molecule has 0 atom stereocenters. The number of aromatic nitrogens is 1. The van der Waals surface area contributed by atoms with E-state index in [4.69, 9.17) is 0 Å². The number of nitrogens with one attached hydrogen (secondary N) is 2. The third kappa shape index (κ3) is 2.37. The molecule has 1 aliphatic rings. The monoisotopic (exact) mass is 192 g/mol. The van der Waals surface area contributed by atoms with Crippen LogP contribution >= 0.6 is 0 Å². The van der Waals surface area contributed by atoms with Gasteiger partial charge in [0.25, 0.3) is 0 Å². The average molecular weight is 192 g/mol. The Morgan fingerprint density at radius 2 is 2.29 bits per heavy atom. The maximum atomic E-state index is 11.5. The number of carbonyl (C=O) groups is 1. The molecule has 2 N–H and O–H groups in total. The van der Waals surface area contributed by atoms with E-state index < -0.39 is 0 Å². The summed E-state index contributed by atoms with van der Waals surface area (Å²) in [6, 6.07) is 2.37. The molecule has 1 heterocycles. The van der Waals surface area contributed by atoms with E-state index in [1.54, 1.807) is 0 Å². The van der Waals surface area contributed by atoms with Crippen molar-refractivity contribution in [1.82, 2.24) is 10.3 Å². The molecule has 0 saturated heterocycles. The normalized spacial score (nSPS) is 17.1. The molecule has 1 saturated carbocycles. The van der Waals surface area contributed by atoms with Crippen LogP contribution in [0.25, 0.3) is 0 Å². The topological polar surface area (TPSA) is 44.9 Å². The Hall–Kier alpha value is -1.25. The van der Waals surface area contributed by atoms with Crippen LogP contribution in [0.5, 0.6) is 0 Å². The molecular formula is C11H16N2O. The van der Waals surface area contributed by atoms with Gasteiger partial charge in [-0.25, -0.2) is 0 Å². The van der Waals surface area contributed by atoms with Crippen molar-refractivity contribution < 1.29 is 4.79 Å². The lowest BCUT2D eigenvalue weighted by Crippen LogP contribution is -2.33. The van der Waals surface area contributed by atoms with Gasteiger partial charge in [-0.05, 0) is 24.5 Å². The van der Waals surface area contributed by atoms with E-state index in [0.29, 0.717) is 12.5 Å². The van der Waals surface area contributed by atoms with Crippen LogP contribution in [0.1, 0.15) is 31.2 Å². The molecule has 0 unspecified atom stereocenters. The molecule has 2 rings (SSSR count). The fraction of sp³-hybridized carbons (Fsp3) is 0.545. The van der Waals surface area contributed by atoms with E-state index in [-0.39, 0.29) is 5.91 Å². The molecule has 1 aliphatic carbocycles. The van der Waals surface area contributed by atoms with Crippen molar-refractivity contribution in [3.8, 4) is 0 Å². The van der Waals surface area contributed by atoms with Gasteiger partial charge in [-0.1, -0.05) is 12.8 Å². The van der Waals surface area contributed by atoms with Gasteiger partial charge in [0, 0.05) is 18.4 Å². The van der Waals surface area contributed by atoms with Crippen LogP contribution in [0.15, 0.2) is 18.5 Å². The quantitative estimate of drug-likeness (QED) is 0.751. The summed E-state index contributed by atoms with van der Waals surface area (Å²) in [6.07, 6.45) is 9.04. The highest BCUT2D eigenvalue weighted by Crippen LogP contribution is 2.17. The van der Waals surface area contributed by atoms with Crippen LogP contribution in [0.4, 0.5) is 0 Å². The molecule has 0 radical (unpaired) electrons. The Labute approximate surface area is 83.9 Å². The summed E-state index contributed by atoms with van der Waals surface area (Å²) in [5.74, 6) is 0.150. The Morgan fingerprint density at radius 1 is 1.50 bits per heavy atom. The maximum absolute atomic E-state index is 11.5. The van der Waals surface area contributed by atoms with Gasteiger partial charge >= 0.3 is 0 Å². The second-order valence-corrected chi connectivity index (χ2v) is 3.94. The molecule has 76 valence electrons. The third-order valence-corrected chi connectivity index (χ3v) is 2.75. The molecule has 1 amide bonds. The lowest BCUT2D eigenvalue weighted by molar-refractivity contribution is -0.121. The Bertz CT molecular complexity index is 286. The number of rotatable bonds is 3. The van der Waals surface area contributed by atoms with E-state index in [2.05, 4.69) is 10.3 Å². The van der Waals surface area contributed by atoms with Crippen molar-refractivity contribution >= 4 is 5.91 Å². The second-order valence-electron chi connectivity index (χ2n) is 3.94. The zero-order chi connectivity index (χ0) is 9.80. The standard InChI is InChI=1S/C11H16N2O/c14-11(7-9-5-6-12-8-9)13-10-3-1-2-4-10/h5-6,8,10,12H,1-4,7H2,(H,13,14). The number of amides is 1. The molecular weight excluding hydrogens is 176 g/mol. The summed E-state index contributed by atoms with van der Waals surface area (Å²) in [7, 11) is 0. The first-order chi connectivity index (χ1) is 6.84. The van der Waals surface area contributed by atoms with Crippen LogP contribution in [0, 0.1) is 0 Å². The lowest BCUT2D eigenvalue weighted by atomic mass is 10.2. The number of hydrogen-bond donors (Lipinski definition) is 2. The van der Waals surface area contributed by atoms with E-state index in [9.17, 15) is 4.79 Å². The summed E-state index contributed by atoms with van der Waals surface area (Å²) >= 11 is 0. The van der Waals surface area contributed by atoms with Crippen molar-refractivity contribution in [2.75, 3.05) is 0 Å². The molecule has 0 spiro atoms. The highest BCUT2D eigenvalue weighted by atomic mass is 16.1. The SMILES string of the molecule is O=C(Cc1cc[nH]c1)NC1CCCC1. The lowest BCUT2D eigenvalue weighted by Gasteiger charge is -2.10. The van der Waals surface area contributed by atoms with Crippen molar-refractivity contribution in [2.45, 2.75) is 38.1 Å². The third-order valence-electron chi connectivity index (χ3n) is 2.75. The molecule has 0 aliphatic heterocycles. The van der Waals surface area contributed by atoms with Gasteiger partial charge in [0.05, 0.1) is 6.42 Å². The van der Waals surface area contributed by atoms with E-state index in [0.717, 1.165) is 18.4 Å². The van der Waals surface area contributed by atoms with Crippen LogP contribution in [-0.2, 0) is 11.2 Å². The van der Waals surface area contributed by atoms with Crippen LogP contribution in [-0.4, -0.2) is 16.9 Å². The van der Waals surface area contributed by atoms with Gasteiger partial charge < -0.3 is 10.3 Å². The Kier molecular flexibility index (Phi) is 2.87. The zero-order valence-corrected chi connectivity index (χ0v) is 8.25. The fourth-order valence-electron chi connectivity index (χ4n) is 2.00. The predicted octanol–water partition coefficient (Wildman–Crippen LogP) is 1.62. The van der Waals surface area contributed by atoms with E-state index in [1.165, 1.54) is 12.8 Å². The summed E-state index contributed by atoms with van der Waals surface area (Å²) < 4.78 is 0. The first kappa shape index (κ1) is 9.31. The minimum Gasteiger partial charge on any atom is -0.367 e. The number of H-pyrrole nitrogens is 1. The van der Waals surface area contributed by atoms with Crippen molar-refractivity contribution in [1.29, 1.82) is 0 Å². The average Bonchev–Trinajstić information content (AvgIpc) is 2.76. The number of aromatic amines is 1. The van der Waals surface area contributed by atoms with Gasteiger partial charge in [-0.3, -0.25) is 4.79 Å².